The van der Waals surface area contributed by atoms with Gasteiger partial charge < -0.3 is 10.0 Å². The molecule has 1 aromatic carbocycles. The Labute approximate surface area is 122 Å². The highest BCUT2D eigenvalue weighted by Gasteiger charge is 2.08. The number of carbonyl (C=O) groups is 1. The van der Waals surface area contributed by atoms with Crippen LogP contribution in [-0.2, 0) is 6.54 Å². The van der Waals surface area contributed by atoms with Crippen LogP contribution in [0.3, 0.4) is 0 Å². The van der Waals surface area contributed by atoms with Gasteiger partial charge in [-0.25, -0.2) is 4.79 Å². The number of aromatic carboxylic acids is 1. The second-order valence-electron chi connectivity index (χ2n) is 5.44. The first-order valence-corrected chi connectivity index (χ1v) is 7.22. The second-order valence-corrected chi connectivity index (χ2v) is 5.44. The van der Waals surface area contributed by atoms with Crippen LogP contribution < -0.4 is 0 Å². The summed E-state index contributed by atoms with van der Waals surface area (Å²) in [6.07, 6.45) is 2.24. The van der Waals surface area contributed by atoms with Gasteiger partial charge in [-0.1, -0.05) is 19.1 Å². The summed E-state index contributed by atoms with van der Waals surface area (Å²) in [6.45, 7) is 6.17. The Morgan fingerprint density at radius 1 is 1.20 bits per heavy atom. The summed E-state index contributed by atoms with van der Waals surface area (Å²) in [5.41, 5.74) is 1.44. The van der Waals surface area contributed by atoms with Crippen molar-refractivity contribution in [3.63, 3.8) is 0 Å². The van der Waals surface area contributed by atoms with Crippen molar-refractivity contribution in [1.82, 2.24) is 9.80 Å². The zero-order valence-electron chi connectivity index (χ0n) is 12.8. The van der Waals surface area contributed by atoms with E-state index in [1.807, 2.05) is 12.1 Å². The van der Waals surface area contributed by atoms with E-state index in [-0.39, 0.29) is 0 Å². The van der Waals surface area contributed by atoms with Gasteiger partial charge in [-0.2, -0.15) is 0 Å². The molecule has 1 N–H and O–H groups in total. The van der Waals surface area contributed by atoms with E-state index in [4.69, 9.17) is 5.11 Å². The predicted octanol–water partition coefficient (Wildman–Crippen LogP) is 2.55. The van der Waals surface area contributed by atoms with E-state index in [1.165, 1.54) is 0 Å². The maximum absolute atomic E-state index is 11.0. The van der Waals surface area contributed by atoms with Crippen molar-refractivity contribution < 1.29 is 9.90 Å². The van der Waals surface area contributed by atoms with Crippen molar-refractivity contribution in [1.29, 1.82) is 0 Å². The molecule has 0 aliphatic heterocycles. The quantitative estimate of drug-likeness (QED) is 0.754. The normalized spacial score (nSPS) is 11.2. The van der Waals surface area contributed by atoms with E-state index in [2.05, 4.69) is 30.8 Å². The van der Waals surface area contributed by atoms with Crippen LogP contribution in [0.1, 0.15) is 35.7 Å². The molecule has 0 unspecified atom stereocenters. The predicted molar refractivity (Wildman–Crippen MR) is 82.1 cm³/mol. The first-order chi connectivity index (χ1) is 9.52. The molecule has 0 aliphatic carbocycles. The van der Waals surface area contributed by atoms with Gasteiger partial charge in [-0.15, -0.1) is 0 Å². The molecule has 4 nitrogen and oxygen atoms in total. The van der Waals surface area contributed by atoms with Gasteiger partial charge >= 0.3 is 5.97 Å². The molecule has 0 aromatic heterocycles. The summed E-state index contributed by atoms with van der Waals surface area (Å²) in [5.74, 6) is -0.860. The van der Waals surface area contributed by atoms with E-state index in [1.54, 1.807) is 12.1 Å². The van der Waals surface area contributed by atoms with E-state index < -0.39 is 5.97 Å². The molecular formula is C16H26N2O2. The number of nitrogens with zero attached hydrogens (tertiary/aromatic N) is 2. The Kier molecular flexibility index (Phi) is 7.26. The molecule has 0 saturated heterocycles. The summed E-state index contributed by atoms with van der Waals surface area (Å²) in [6, 6.07) is 7.24. The van der Waals surface area contributed by atoms with Crippen molar-refractivity contribution in [2.24, 2.45) is 0 Å². The Hall–Kier alpha value is -1.39. The average molecular weight is 278 g/mol. The minimum absolute atomic E-state index is 0.368. The SMILES string of the molecule is CCCN(CCCN(C)C)Cc1cccc(C(=O)O)c1. The van der Waals surface area contributed by atoms with Crippen LogP contribution >= 0.6 is 0 Å². The summed E-state index contributed by atoms with van der Waals surface area (Å²) >= 11 is 0. The van der Waals surface area contributed by atoms with E-state index in [0.29, 0.717) is 5.56 Å². The van der Waals surface area contributed by atoms with Gasteiger partial charge in [0.15, 0.2) is 0 Å². The Balaban J connectivity index is 2.60. The van der Waals surface area contributed by atoms with Gasteiger partial charge in [0, 0.05) is 6.54 Å². The molecule has 0 aliphatic rings. The molecule has 0 bridgehead atoms. The summed E-state index contributed by atoms with van der Waals surface area (Å²) in [7, 11) is 4.17. The highest BCUT2D eigenvalue weighted by molar-refractivity contribution is 5.87. The van der Waals surface area contributed by atoms with Crippen molar-refractivity contribution in [3.8, 4) is 0 Å². The first kappa shape index (κ1) is 16.7. The van der Waals surface area contributed by atoms with Crippen molar-refractivity contribution >= 4 is 5.97 Å². The molecule has 0 fully saturated rings. The molecular weight excluding hydrogens is 252 g/mol. The molecule has 0 radical (unpaired) electrons. The average Bonchev–Trinajstić information content (AvgIpc) is 2.38. The Bertz CT molecular complexity index is 419. The summed E-state index contributed by atoms with van der Waals surface area (Å²) in [5, 5.41) is 9.03. The number of hydrogen-bond acceptors (Lipinski definition) is 3. The third-order valence-corrected chi connectivity index (χ3v) is 3.20. The summed E-state index contributed by atoms with van der Waals surface area (Å²) in [4.78, 5) is 15.6. The van der Waals surface area contributed by atoms with Gasteiger partial charge in [0.1, 0.15) is 0 Å². The minimum atomic E-state index is -0.860. The third kappa shape index (κ3) is 6.17. The van der Waals surface area contributed by atoms with Crippen LogP contribution in [-0.4, -0.2) is 54.6 Å². The van der Waals surface area contributed by atoms with E-state index in [0.717, 1.165) is 44.6 Å². The van der Waals surface area contributed by atoms with Crippen molar-refractivity contribution in [3.05, 3.63) is 35.4 Å². The van der Waals surface area contributed by atoms with Gasteiger partial charge in [0.2, 0.25) is 0 Å². The lowest BCUT2D eigenvalue weighted by Gasteiger charge is -2.22. The number of carboxylic acid groups (broad SMARTS) is 1. The van der Waals surface area contributed by atoms with Gasteiger partial charge in [-0.05, 0) is 64.3 Å². The standard InChI is InChI=1S/C16H26N2O2/c1-4-9-18(11-6-10-17(2)3)13-14-7-5-8-15(12-14)16(19)20/h5,7-8,12H,4,6,9-11,13H2,1-3H3,(H,19,20). The molecule has 1 aromatic rings. The topological polar surface area (TPSA) is 43.8 Å². The number of rotatable bonds is 9. The zero-order valence-corrected chi connectivity index (χ0v) is 12.8. The van der Waals surface area contributed by atoms with E-state index >= 15 is 0 Å². The van der Waals surface area contributed by atoms with Gasteiger partial charge in [-0.3, -0.25) is 4.90 Å². The first-order valence-electron chi connectivity index (χ1n) is 7.22. The highest BCUT2D eigenvalue weighted by Crippen LogP contribution is 2.09. The fourth-order valence-electron chi connectivity index (χ4n) is 2.26. The Morgan fingerprint density at radius 2 is 1.95 bits per heavy atom. The fraction of sp³-hybridized carbons (Fsp3) is 0.562. The zero-order chi connectivity index (χ0) is 15.0. The molecule has 4 heteroatoms. The lowest BCUT2D eigenvalue weighted by molar-refractivity contribution is 0.0696. The van der Waals surface area contributed by atoms with Crippen LogP contribution in [0.2, 0.25) is 0 Å². The molecule has 0 spiro atoms. The van der Waals surface area contributed by atoms with Crippen LogP contribution in [0, 0.1) is 0 Å². The third-order valence-electron chi connectivity index (χ3n) is 3.20. The molecule has 112 valence electrons. The smallest absolute Gasteiger partial charge is 0.335 e. The molecule has 1 rings (SSSR count). The molecule has 0 atom stereocenters. The van der Waals surface area contributed by atoms with Crippen LogP contribution in [0.15, 0.2) is 24.3 Å². The lowest BCUT2D eigenvalue weighted by Crippen LogP contribution is -2.28. The lowest BCUT2D eigenvalue weighted by atomic mass is 10.1. The highest BCUT2D eigenvalue weighted by atomic mass is 16.4. The number of hydrogen-bond donors (Lipinski definition) is 1. The largest absolute Gasteiger partial charge is 0.478 e. The van der Waals surface area contributed by atoms with Gasteiger partial charge in [0.25, 0.3) is 0 Å². The maximum atomic E-state index is 11.0. The number of carboxylic acids is 1. The van der Waals surface area contributed by atoms with E-state index in [9.17, 15) is 4.79 Å². The molecule has 0 amide bonds. The molecule has 20 heavy (non-hydrogen) atoms. The monoisotopic (exact) mass is 278 g/mol. The minimum Gasteiger partial charge on any atom is -0.478 e. The Morgan fingerprint density at radius 3 is 2.55 bits per heavy atom. The fourth-order valence-corrected chi connectivity index (χ4v) is 2.26. The van der Waals surface area contributed by atoms with Gasteiger partial charge in [0.05, 0.1) is 5.56 Å². The maximum Gasteiger partial charge on any atom is 0.335 e. The molecule has 0 heterocycles. The number of benzene rings is 1. The second kappa shape index (κ2) is 8.72. The van der Waals surface area contributed by atoms with Crippen molar-refractivity contribution in [2.45, 2.75) is 26.3 Å². The van der Waals surface area contributed by atoms with Crippen LogP contribution in [0.25, 0.3) is 0 Å². The van der Waals surface area contributed by atoms with Crippen molar-refractivity contribution in [2.75, 3.05) is 33.7 Å². The molecule has 0 saturated carbocycles. The summed E-state index contributed by atoms with van der Waals surface area (Å²) < 4.78 is 0. The van der Waals surface area contributed by atoms with Crippen LogP contribution in [0.4, 0.5) is 0 Å². The van der Waals surface area contributed by atoms with Crippen LogP contribution in [0.5, 0.6) is 0 Å².